The van der Waals surface area contributed by atoms with Gasteiger partial charge in [-0.3, -0.25) is 4.68 Å². The van der Waals surface area contributed by atoms with Crippen LogP contribution in [0.5, 0.6) is 0 Å². The second-order valence-corrected chi connectivity index (χ2v) is 6.15. The SMILES string of the molecule is Cc1cc(C)n(CCCN(C)[C@@H]2CCSC2)n1. The van der Waals surface area contributed by atoms with Crippen LogP contribution in [0.3, 0.4) is 0 Å². The molecule has 1 aromatic rings. The van der Waals surface area contributed by atoms with Gasteiger partial charge in [0.05, 0.1) is 5.69 Å². The van der Waals surface area contributed by atoms with Crippen LogP contribution in [0.1, 0.15) is 24.2 Å². The molecule has 0 aromatic carbocycles. The van der Waals surface area contributed by atoms with Crippen LogP contribution in [-0.2, 0) is 6.54 Å². The van der Waals surface area contributed by atoms with Crippen LogP contribution in [0.25, 0.3) is 0 Å². The first-order valence-electron chi connectivity index (χ1n) is 6.46. The molecule has 1 aromatic heterocycles. The zero-order valence-corrected chi connectivity index (χ0v) is 12.0. The predicted octanol–water partition coefficient (Wildman–Crippen LogP) is 2.33. The molecule has 1 saturated heterocycles. The zero-order chi connectivity index (χ0) is 12.3. The van der Waals surface area contributed by atoms with Crippen molar-refractivity contribution in [3.63, 3.8) is 0 Å². The molecule has 0 unspecified atom stereocenters. The highest BCUT2D eigenvalue weighted by atomic mass is 32.2. The van der Waals surface area contributed by atoms with Gasteiger partial charge in [0, 0.05) is 24.0 Å². The summed E-state index contributed by atoms with van der Waals surface area (Å²) < 4.78 is 2.13. The van der Waals surface area contributed by atoms with Gasteiger partial charge in [0.15, 0.2) is 0 Å². The molecular formula is C13H23N3S. The lowest BCUT2D eigenvalue weighted by Gasteiger charge is -2.23. The van der Waals surface area contributed by atoms with E-state index in [4.69, 9.17) is 0 Å². The van der Waals surface area contributed by atoms with E-state index >= 15 is 0 Å². The van der Waals surface area contributed by atoms with Crippen LogP contribution in [0.15, 0.2) is 6.07 Å². The maximum absolute atomic E-state index is 4.50. The Hall–Kier alpha value is -0.480. The molecule has 1 fully saturated rings. The Morgan fingerprint density at radius 2 is 2.35 bits per heavy atom. The van der Waals surface area contributed by atoms with Crippen LogP contribution >= 0.6 is 11.8 Å². The van der Waals surface area contributed by atoms with Crippen molar-refractivity contribution in [2.24, 2.45) is 0 Å². The number of aryl methyl sites for hydroxylation is 3. The second-order valence-electron chi connectivity index (χ2n) is 5.00. The first-order valence-corrected chi connectivity index (χ1v) is 7.61. The van der Waals surface area contributed by atoms with Crippen LogP contribution in [0.2, 0.25) is 0 Å². The lowest BCUT2D eigenvalue weighted by molar-refractivity contribution is 0.253. The number of rotatable bonds is 5. The lowest BCUT2D eigenvalue weighted by Crippen LogP contribution is -2.32. The predicted molar refractivity (Wildman–Crippen MR) is 74.7 cm³/mol. The van der Waals surface area contributed by atoms with Crippen molar-refractivity contribution in [1.29, 1.82) is 0 Å². The average Bonchev–Trinajstić information content (AvgIpc) is 2.89. The Balaban J connectivity index is 1.73. The fourth-order valence-corrected chi connectivity index (χ4v) is 3.72. The lowest BCUT2D eigenvalue weighted by atomic mass is 10.2. The summed E-state index contributed by atoms with van der Waals surface area (Å²) in [5, 5.41) is 4.50. The van der Waals surface area contributed by atoms with E-state index in [9.17, 15) is 0 Å². The molecule has 0 bridgehead atoms. The monoisotopic (exact) mass is 253 g/mol. The van der Waals surface area contributed by atoms with E-state index < -0.39 is 0 Å². The Kier molecular flexibility index (Phi) is 4.51. The van der Waals surface area contributed by atoms with E-state index in [0.717, 1.165) is 18.3 Å². The minimum absolute atomic E-state index is 0.806. The van der Waals surface area contributed by atoms with Crippen molar-refractivity contribution in [3.8, 4) is 0 Å². The van der Waals surface area contributed by atoms with Gasteiger partial charge in [0.25, 0.3) is 0 Å². The van der Waals surface area contributed by atoms with Gasteiger partial charge in [-0.15, -0.1) is 0 Å². The van der Waals surface area contributed by atoms with Crippen molar-refractivity contribution < 1.29 is 0 Å². The van der Waals surface area contributed by atoms with Gasteiger partial charge in [0.1, 0.15) is 0 Å². The number of hydrogen-bond acceptors (Lipinski definition) is 3. The molecule has 1 atom stereocenters. The van der Waals surface area contributed by atoms with E-state index in [1.165, 1.54) is 36.6 Å². The summed E-state index contributed by atoms with van der Waals surface area (Å²) in [5.74, 6) is 2.66. The van der Waals surface area contributed by atoms with Crippen molar-refractivity contribution >= 4 is 11.8 Å². The van der Waals surface area contributed by atoms with Crippen LogP contribution in [-0.4, -0.2) is 45.8 Å². The Morgan fingerprint density at radius 1 is 1.53 bits per heavy atom. The fraction of sp³-hybridized carbons (Fsp3) is 0.769. The summed E-state index contributed by atoms with van der Waals surface area (Å²) in [7, 11) is 2.26. The third kappa shape index (κ3) is 3.49. The molecule has 2 heterocycles. The Bertz CT molecular complexity index is 356. The van der Waals surface area contributed by atoms with Crippen molar-refractivity contribution in [3.05, 3.63) is 17.5 Å². The van der Waals surface area contributed by atoms with Crippen LogP contribution in [0.4, 0.5) is 0 Å². The van der Waals surface area contributed by atoms with Crippen molar-refractivity contribution in [2.45, 2.75) is 39.3 Å². The van der Waals surface area contributed by atoms with E-state index in [2.05, 4.69) is 53.4 Å². The molecule has 3 nitrogen and oxygen atoms in total. The molecule has 96 valence electrons. The average molecular weight is 253 g/mol. The third-order valence-electron chi connectivity index (χ3n) is 3.51. The van der Waals surface area contributed by atoms with Gasteiger partial charge in [-0.1, -0.05) is 0 Å². The standard InChI is InChI=1S/C13H23N3S/c1-11-9-12(2)16(14-11)7-4-6-15(3)13-5-8-17-10-13/h9,13H,4-8,10H2,1-3H3/t13-/m1/s1. The summed E-state index contributed by atoms with van der Waals surface area (Å²) >= 11 is 2.09. The molecular weight excluding hydrogens is 230 g/mol. The van der Waals surface area contributed by atoms with Gasteiger partial charge in [-0.25, -0.2) is 0 Å². The normalized spacial score (nSPS) is 20.4. The number of hydrogen-bond donors (Lipinski definition) is 0. The Morgan fingerprint density at radius 3 is 2.94 bits per heavy atom. The fourth-order valence-electron chi connectivity index (χ4n) is 2.42. The molecule has 0 N–H and O–H groups in total. The first kappa shape index (κ1) is 13.0. The van der Waals surface area contributed by atoms with E-state index in [-0.39, 0.29) is 0 Å². The van der Waals surface area contributed by atoms with Gasteiger partial charge in [0.2, 0.25) is 0 Å². The van der Waals surface area contributed by atoms with Crippen LogP contribution < -0.4 is 0 Å². The summed E-state index contributed by atoms with van der Waals surface area (Å²) in [6.45, 7) is 6.43. The highest BCUT2D eigenvalue weighted by Crippen LogP contribution is 2.21. The molecule has 0 aliphatic carbocycles. The molecule has 0 amide bonds. The minimum atomic E-state index is 0.806. The highest BCUT2D eigenvalue weighted by Gasteiger charge is 2.19. The Labute approximate surface area is 109 Å². The zero-order valence-electron chi connectivity index (χ0n) is 11.1. The van der Waals surface area contributed by atoms with Crippen molar-refractivity contribution in [2.75, 3.05) is 25.1 Å². The largest absolute Gasteiger partial charge is 0.302 e. The summed E-state index contributed by atoms with van der Waals surface area (Å²) in [6.07, 6.45) is 2.56. The summed E-state index contributed by atoms with van der Waals surface area (Å²) in [6, 6.07) is 2.96. The molecule has 1 aliphatic rings. The summed E-state index contributed by atoms with van der Waals surface area (Å²) in [5.41, 5.74) is 2.41. The quantitative estimate of drug-likeness (QED) is 0.803. The van der Waals surface area contributed by atoms with E-state index in [1.54, 1.807) is 0 Å². The molecule has 0 saturated carbocycles. The smallest absolute Gasteiger partial charge is 0.0596 e. The first-order chi connectivity index (χ1) is 8.16. The number of nitrogens with zero attached hydrogens (tertiary/aromatic N) is 3. The molecule has 2 rings (SSSR count). The topological polar surface area (TPSA) is 21.1 Å². The minimum Gasteiger partial charge on any atom is -0.302 e. The van der Waals surface area contributed by atoms with Gasteiger partial charge >= 0.3 is 0 Å². The van der Waals surface area contributed by atoms with Crippen molar-refractivity contribution in [1.82, 2.24) is 14.7 Å². The molecule has 17 heavy (non-hydrogen) atoms. The van der Waals surface area contributed by atoms with E-state index in [0.29, 0.717) is 0 Å². The van der Waals surface area contributed by atoms with Gasteiger partial charge in [-0.2, -0.15) is 16.9 Å². The second kappa shape index (κ2) is 5.91. The third-order valence-corrected chi connectivity index (χ3v) is 4.66. The molecule has 1 aliphatic heterocycles. The maximum atomic E-state index is 4.50. The van der Waals surface area contributed by atoms with E-state index in [1.807, 2.05) is 0 Å². The van der Waals surface area contributed by atoms with Gasteiger partial charge < -0.3 is 4.90 Å². The number of aromatic nitrogens is 2. The number of thioether (sulfide) groups is 1. The molecule has 4 heteroatoms. The summed E-state index contributed by atoms with van der Waals surface area (Å²) in [4.78, 5) is 2.52. The van der Waals surface area contributed by atoms with Crippen LogP contribution in [0, 0.1) is 13.8 Å². The maximum Gasteiger partial charge on any atom is 0.0596 e. The highest BCUT2D eigenvalue weighted by molar-refractivity contribution is 7.99. The molecule has 0 spiro atoms. The van der Waals surface area contributed by atoms with Gasteiger partial charge in [-0.05, 0) is 52.1 Å². The molecule has 0 radical (unpaired) electrons.